The molecular formula is C10H21ClN2O2. The Morgan fingerprint density at radius 2 is 2.07 bits per heavy atom. The highest BCUT2D eigenvalue weighted by Crippen LogP contribution is 1.99. The third kappa shape index (κ3) is 5.35. The highest BCUT2D eigenvalue weighted by molar-refractivity contribution is 5.85. The second kappa shape index (κ2) is 7.91. The molecule has 1 saturated heterocycles. The molecule has 1 atom stereocenters. The van der Waals surface area contributed by atoms with Gasteiger partial charge in [0.25, 0.3) is 0 Å². The second-order valence-electron chi connectivity index (χ2n) is 3.66. The van der Waals surface area contributed by atoms with E-state index in [1.807, 2.05) is 11.8 Å². The Bertz CT molecular complexity index is 184. The minimum Gasteiger partial charge on any atom is -0.369 e. The normalized spacial score (nSPS) is 18.1. The van der Waals surface area contributed by atoms with Gasteiger partial charge in [-0.25, -0.2) is 0 Å². The van der Waals surface area contributed by atoms with Crippen LogP contribution in [0.4, 0.5) is 0 Å². The molecule has 4 nitrogen and oxygen atoms in total. The van der Waals surface area contributed by atoms with Crippen LogP contribution < -0.4 is 5.32 Å². The van der Waals surface area contributed by atoms with Crippen molar-refractivity contribution >= 4 is 18.3 Å². The van der Waals surface area contributed by atoms with Gasteiger partial charge in [0, 0.05) is 26.2 Å². The maximum atomic E-state index is 11.6. The first-order valence-corrected chi connectivity index (χ1v) is 5.34. The molecule has 0 radical (unpaired) electrons. The summed E-state index contributed by atoms with van der Waals surface area (Å²) in [5.74, 6) is 0.117. The molecule has 15 heavy (non-hydrogen) atoms. The number of rotatable bonds is 4. The lowest BCUT2D eigenvalue weighted by Gasteiger charge is -2.27. The molecule has 0 aliphatic carbocycles. The molecule has 90 valence electrons. The Labute approximate surface area is 97.8 Å². The average Bonchev–Trinajstić information content (AvgIpc) is 2.26. The number of halogens is 1. The molecule has 1 unspecified atom stereocenters. The number of carbonyl (C=O) groups is 1. The number of ether oxygens (including phenoxy) is 1. The summed E-state index contributed by atoms with van der Waals surface area (Å²) in [7, 11) is 0. The number of carbonyl (C=O) groups excluding carboxylic acids is 1. The van der Waals surface area contributed by atoms with E-state index in [1.54, 1.807) is 0 Å². The van der Waals surface area contributed by atoms with Crippen LogP contribution in [0.5, 0.6) is 0 Å². The van der Waals surface area contributed by atoms with E-state index in [9.17, 15) is 4.79 Å². The van der Waals surface area contributed by atoms with Crippen LogP contribution in [0.15, 0.2) is 0 Å². The number of hydrogen-bond acceptors (Lipinski definition) is 3. The summed E-state index contributed by atoms with van der Waals surface area (Å²) in [6.07, 6.45) is 1.14. The fourth-order valence-electron chi connectivity index (χ4n) is 1.34. The van der Waals surface area contributed by atoms with Gasteiger partial charge >= 0.3 is 0 Å². The number of piperazine rings is 1. The van der Waals surface area contributed by atoms with E-state index in [1.165, 1.54) is 0 Å². The van der Waals surface area contributed by atoms with E-state index in [2.05, 4.69) is 12.2 Å². The van der Waals surface area contributed by atoms with Gasteiger partial charge in [0.15, 0.2) is 0 Å². The molecule has 1 heterocycles. The zero-order valence-corrected chi connectivity index (χ0v) is 10.3. The molecule has 1 N–H and O–H groups in total. The SMILES string of the molecule is CCC(C)OCC(=O)N1CCNCC1.Cl. The van der Waals surface area contributed by atoms with Gasteiger partial charge in [-0.2, -0.15) is 0 Å². The Balaban J connectivity index is 0.00000196. The molecule has 1 amide bonds. The molecule has 5 heteroatoms. The van der Waals surface area contributed by atoms with Gasteiger partial charge in [-0.1, -0.05) is 6.92 Å². The molecule has 1 aliphatic rings. The van der Waals surface area contributed by atoms with Crippen LogP contribution in [-0.4, -0.2) is 49.7 Å². The fraction of sp³-hybridized carbons (Fsp3) is 0.900. The summed E-state index contributed by atoms with van der Waals surface area (Å²) in [6, 6.07) is 0. The van der Waals surface area contributed by atoms with Crippen molar-refractivity contribution in [2.45, 2.75) is 26.4 Å². The van der Waals surface area contributed by atoms with Crippen LogP contribution >= 0.6 is 12.4 Å². The molecule has 1 rings (SSSR count). The van der Waals surface area contributed by atoms with Gasteiger partial charge in [-0.05, 0) is 13.3 Å². The Morgan fingerprint density at radius 3 is 2.60 bits per heavy atom. The number of nitrogens with one attached hydrogen (secondary N) is 1. The van der Waals surface area contributed by atoms with Crippen LogP contribution in [-0.2, 0) is 9.53 Å². The lowest BCUT2D eigenvalue weighted by atomic mass is 10.3. The molecule has 1 aliphatic heterocycles. The smallest absolute Gasteiger partial charge is 0.248 e. The van der Waals surface area contributed by atoms with Crippen LogP contribution in [0.2, 0.25) is 0 Å². The topological polar surface area (TPSA) is 41.6 Å². The van der Waals surface area contributed by atoms with Crippen molar-refractivity contribution in [3.05, 3.63) is 0 Å². The maximum Gasteiger partial charge on any atom is 0.248 e. The van der Waals surface area contributed by atoms with Gasteiger partial charge in [0.1, 0.15) is 6.61 Å². The molecule has 0 aromatic heterocycles. The summed E-state index contributed by atoms with van der Waals surface area (Å²) >= 11 is 0. The zero-order chi connectivity index (χ0) is 10.4. The van der Waals surface area contributed by atoms with Crippen molar-refractivity contribution < 1.29 is 9.53 Å². The van der Waals surface area contributed by atoms with Crippen molar-refractivity contribution in [3.8, 4) is 0 Å². The second-order valence-corrected chi connectivity index (χ2v) is 3.66. The predicted octanol–water partition coefficient (Wildman–Crippen LogP) is 0.655. The summed E-state index contributed by atoms with van der Waals surface area (Å²) < 4.78 is 5.39. The van der Waals surface area contributed by atoms with E-state index in [-0.39, 0.29) is 31.0 Å². The van der Waals surface area contributed by atoms with Crippen molar-refractivity contribution in [1.82, 2.24) is 10.2 Å². The summed E-state index contributed by atoms with van der Waals surface area (Å²) in [4.78, 5) is 13.5. The van der Waals surface area contributed by atoms with Crippen molar-refractivity contribution in [2.24, 2.45) is 0 Å². The molecular weight excluding hydrogens is 216 g/mol. The Hall–Kier alpha value is -0.320. The molecule has 0 bridgehead atoms. The minimum absolute atomic E-state index is 0. The standard InChI is InChI=1S/C10H20N2O2.ClH/c1-3-9(2)14-8-10(13)12-6-4-11-5-7-12;/h9,11H,3-8H2,1-2H3;1H. The number of hydrogen-bond donors (Lipinski definition) is 1. The van der Waals surface area contributed by atoms with Crippen molar-refractivity contribution in [2.75, 3.05) is 32.8 Å². The first kappa shape index (κ1) is 14.7. The lowest BCUT2D eigenvalue weighted by Crippen LogP contribution is -2.47. The van der Waals surface area contributed by atoms with Gasteiger partial charge in [0.05, 0.1) is 6.10 Å². The lowest BCUT2D eigenvalue weighted by molar-refractivity contribution is -0.138. The zero-order valence-electron chi connectivity index (χ0n) is 9.49. The van der Waals surface area contributed by atoms with E-state index in [4.69, 9.17) is 4.74 Å². The quantitative estimate of drug-likeness (QED) is 0.780. The Morgan fingerprint density at radius 1 is 1.47 bits per heavy atom. The predicted molar refractivity (Wildman–Crippen MR) is 62.4 cm³/mol. The summed E-state index contributed by atoms with van der Waals surface area (Å²) in [5.41, 5.74) is 0. The van der Waals surface area contributed by atoms with Gasteiger partial charge in [-0.3, -0.25) is 4.79 Å². The first-order chi connectivity index (χ1) is 6.74. The molecule has 0 aromatic carbocycles. The number of nitrogens with zero attached hydrogens (tertiary/aromatic N) is 1. The van der Waals surface area contributed by atoms with Crippen LogP contribution in [0, 0.1) is 0 Å². The minimum atomic E-state index is 0. The highest BCUT2D eigenvalue weighted by atomic mass is 35.5. The molecule has 0 spiro atoms. The number of amides is 1. The molecule has 1 fully saturated rings. The first-order valence-electron chi connectivity index (χ1n) is 5.34. The molecule has 0 saturated carbocycles. The van der Waals surface area contributed by atoms with Gasteiger partial charge in [-0.15, -0.1) is 12.4 Å². The maximum absolute atomic E-state index is 11.6. The summed E-state index contributed by atoms with van der Waals surface area (Å²) in [5, 5.41) is 3.21. The summed E-state index contributed by atoms with van der Waals surface area (Å²) in [6.45, 7) is 7.69. The average molecular weight is 237 g/mol. The van der Waals surface area contributed by atoms with Crippen molar-refractivity contribution in [3.63, 3.8) is 0 Å². The van der Waals surface area contributed by atoms with Gasteiger partial charge in [0.2, 0.25) is 5.91 Å². The largest absolute Gasteiger partial charge is 0.369 e. The van der Waals surface area contributed by atoms with Crippen molar-refractivity contribution in [1.29, 1.82) is 0 Å². The van der Waals surface area contributed by atoms with E-state index in [0.29, 0.717) is 0 Å². The van der Waals surface area contributed by atoms with Gasteiger partial charge < -0.3 is 15.0 Å². The third-order valence-electron chi connectivity index (χ3n) is 2.54. The molecule has 0 aromatic rings. The van der Waals surface area contributed by atoms with Crippen LogP contribution in [0.1, 0.15) is 20.3 Å². The van der Waals surface area contributed by atoms with E-state index < -0.39 is 0 Å². The highest BCUT2D eigenvalue weighted by Gasteiger charge is 2.16. The van der Waals surface area contributed by atoms with E-state index in [0.717, 1.165) is 32.6 Å². The van der Waals surface area contributed by atoms with Crippen LogP contribution in [0.25, 0.3) is 0 Å². The Kier molecular flexibility index (Phi) is 7.74. The third-order valence-corrected chi connectivity index (χ3v) is 2.54. The van der Waals surface area contributed by atoms with Crippen LogP contribution in [0.3, 0.4) is 0 Å². The fourth-order valence-corrected chi connectivity index (χ4v) is 1.34. The monoisotopic (exact) mass is 236 g/mol. The van der Waals surface area contributed by atoms with E-state index >= 15 is 0 Å².